The van der Waals surface area contributed by atoms with E-state index in [-0.39, 0.29) is 17.3 Å². The van der Waals surface area contributed by atoms with Crippen LogP contribution in [0.5, 0.6) is 5.75 Å². The van der Waals surface area contributed by atoms with E-state index in [0.717, 1.165) is 0 Å². The van der Waals surface area contributed by atoms with Crippen LogP contribution < -0.4 is 10.1 Å². The van der Waals surface area contributed by atoms with Gasteiger partial charge in [0.2, 0.25) is 5.91 Å². The van der Waals surface area contributed by atoms with Gasteiger partial charge >= 0.3 is 0 Å². The number of benzene rings is 1. The van der Waals surface area contributed by atoms with Crippen molar-refractivity contribution < 1.29 is 13.9 Å². The van der Waals surface area contributed by atoms with Crippen LogP contribution in [0.3, 0.4) is 0 Å². The van der Waals surface area contributed by atoms with E-state index in [4.69, 9.17) is 4.74 Å². The Balaban J connectivity index is 2.89. The molecule has 1 amide bonds. The van der Waals surface area contributed by atoms with Crippen LogP contribution in [0.15, 0.2) is 18.2 Å². The number of hydrogen-bond donors (Lipinski definition) is 2. The fourth-order valence-electron chi connectivity index (χ4n) is 0.917. The first kappa shape index (κ1) is 10.8. The van der Waals surface area contributed by atoms with Crippen molar-refractivity contribution in [1.82, 2.24) is 0 Å². The van der Waals surface area contributed by atoms with E-state index in [0.29, 0.717) is 5.75 Å². The highest BCUT2D eigenvalue weighted by molar-refractivity contribution is 7.81. The van der Waals surface area contributed by atoms with Crippen LogP contribution in [-0.2, 0) is 4.79 Å². The molecule has 0 unspecified atom stereocenters. The monoisotopic (exact) mass is 215 g/mol. The van der Waals surface area contributed by atoms with Crippen LogP contribution in [0.4, 0.5) is 10.1 Å². The predicted molar refractivity (Wildman–Crippen MR) is 55.4 cm³/mol. The van der Waals surface area contributed by atoms with Crippen LogP contribution in [-0.4, -0.2) is 18.8 Å². The normalized spacial score (nSPS) is 9.64. The molecule has 76 valence electrons. The van der Waals surface area contributed by atoms with Crippen molar-refractivity contribution in [1.29, 1.82) is 0 Å². The van der Waals surface area contributed by atoms with Gasteiger partial charge < -0.3 is 10.1 Å². The number of ether oxygens (including phenoxy) is 1. The lowest BCUT2D eigenvalue weighted by atomic mass is 10.3. The lowest BCUT2D eigenvalue weighted by Gasteiger charge is -2.06. The zero-order valence-electron chi connectivity index (χ0n) is 7.58. The number of halogens is 1. The SMILES string of the molecule is COc1ccc(F)c(NC(=O)CS)c1. The highest BCUT2D eigenvalue weighted by Gasteiger charge is 2.06. The minimum Gasteiger partial charge on any atom is -0.497 e. The van der Waals surface area contributed by atoms with Gasteiger partial charge in [0, 0.05) is 6.07 Å². The standard InChI is InChI=1S/C9H10FNO2S/c1-13-6-2-3-7(10)8(4-6)11-9(12)5-14/h2-4,14H,5H2,1H3,(H,11,12). The number of rotatable bonds is 3. The molecule has 3 nitrogen and oxygen atoms in total. The lowest BCUT2D eigenvalue weighted by molar-refractivity contribution is -0.113. The summed E-state index contributed by atoms with van der Waals surface area (Å²) in [4.78, 5) is 10.9. The average molecular weight is 215 g/mol. The Morgan fingerprint density at radius 3 is 2.93 bits per heavy atom. The topological polar surface area (TPSA) is 38.3 Å². The number of nitrogens with one attached hydrogen (secondary N) is 1. The summed E-state index contributed by atoms with van der Waals surface area (Å²) >= 11 is 3.76. The second kappa shape index (κ2) is 4.85. The fraction of sp³-hybridized carbons (Fsp3) is 0.222. The highest BCUT2D eigenvalue weighted by atomic mass is 32.1. The van der Waals surface area contributed by atoms with E-state index in [2.05, 4.69) is 17.9 Å². The van der Waals surface area contributed by atoms with Crippen molar-refractivity contribution in [2.45, 2.75) is 0 Å². The summed E-state index contributed by atoms with van der Waals surface area (Å²) in [6.07, 6.45) is 0. The highest BCUT2D eigenvalue weighted by Crippen LogP contribution is 2.20. The molecule has 0 aromatic heterocycles. The number of thiol groups is 1. The Morgan fingerprint density at radius 2 is 2.36 bits per heavy atom. The summed E-state index contributed by atoms with van der Waals surface area (Å²) in [5, 5.41) is 2.36. The van der Waals surface area contributed by atoms with Crippen LogP contribution >= 0.6 is 12.6 Å². The van der Waals surface area contributed by atoms with Crippen molar-refractivity contribution in [2.24, 2.45) is 0 Å². The van der Waals surface area contributed by atoms with Crippen molar-refractivity contribution >= 4 is 24.2 Å². The third-order valence-electron chi connectivity index (χ3n) is 1.59. The summed E-state index contributed by atoms with van der Waals surface area (Å²) < 4.78 is 18.0. The van der Waals surface area contributed by atoms with Crippen LogP contribution in [0, 0.1) is 5.82 Å². The summed E-state index contributed by atoms with van der Waals surface area (Å²) in [7, 11) is 1.47. The van der Waals surface area contributed by atoms with Gasteiger partial charge in [0.25, 0.3) is 0 Å². The van der Waals surface area contributed by atoms with Gasteiger partial charge in [0.1, 0.15) is 11.6 Å². The number of anilines is 1. The van der Waals surface area contributed by atoms with Gasteiger partial charge in [0.05, 0.1) is 18.6 Å². The zero-order chi connectivity index (χ0) is 10.6. The maximum absolute atomic E-state index is 13.1. The second-order valence-electron chi connectivity index (χ2n) is 2.55. The maximum atomic E-state index is 13.1. The molecule has 0 aliphatic heterocycles. The van der Waals surface area contributed by atoms with Crippen LogP contribution in [0.1, 0.15) is 0 Å². The summed E-state index contributed by atoms with van der Waals surface area (Å²) in [5.41, 5.74) is 0.100. The lowest BCUT2D eigenvalue weighted by Crippen LogP contribution is -2.13. The molecule has 5 heteroatoms. The number of carbonyl (C=O) groups is 1. The van der Waals surface area contributed by atoms with Crippen LogP contribution in [0.25, 0.3) is 0 Å². The van der Waals surface area contributed by atoms with Gasteiger partial charge in [-0.05, 0) is 12.1 Å². The minimum absolute atomic E-state index is 0.0106. The summed E-state index contributed by atoms with van der Waals surface area (Å²) in [6.45, 7) is 0. The van der Waals surface area contributed by atoms with Crippen molar-refractivity contribution in [3.8, 4) is 5.75 Å². The Labute approximate surface area is 86.7 Å². The van der Waals surface area contributed by atoms with Gasteiger partial charge in [-0.3, -0.25) is 4.79 Å². The predicted octanol–water partition coefficient (Wildman–Crippen LogP) is 1.70. The van der Waals surface area contributed by atoms with Gasteiger partial charge in [-0.2, -0.15) is 12.6 Å². The summed E-state index contributed by atoms with van der Waals surface area (Å²) in [5.74, 6) is -0.362. The number of hydrogen-bond acceptors (Lipinski definition) is 3. The zero-order valence-corrected chi connectivity index (χ0v) is 8.48. The molecule has 0 saturated carbocycles. The fourth-order valence-corrected chi connectivity index (χ4v) is 0.996. The molecule has 0 saturated heterocycles. The Kier molecular flexibility index (Phi) is 3.76. The quantitative estimate of drug-likeness (QED) is 0.753. The Bertz CT molecular complexity index is 344. The molecule has 1 aromatic rings. The Morgan fingerprint density at radius 1 is 1.64 bits per heavy atom. The van der Waals surface area contributed by atoms with Crippen molar-refractivity contribution in [2.75, 3.05) is 18.2 Å². The maximum Gasteiger partial charge on any atom is 0.234 e. The molecule has 0 bridgehead atoms. The largest absolute Gasteiger partial charge is 0.497 e. The molecule has 0 radical (unpaired) electrons. The number of carbonyl (C=O) groups excluding carboxylic acids is 1. The smallest absolute Gasteiger partial charge is 0.234 e. The summed E-state index contributed by atoms with van der Waals surface area (Å²) in [6, 6.07) is 4.12. The molecule has 0 aliphatic rings. The first-order chi connectivity index (χ1) is 6.67. The van der Waals surface area contributed by atoms with Crippen LogP contribution in [0.2, 0.25) is 0 Å². The van der Waals surface area contributed by atoms with E-state index in [1.54, 1.807) is 0 Å². The third kappa shape index (κ3) is 2.63. The molecular formula is C9H10FNO2S. The first-order valence-corrected chi connectivity index (χ1v) is 4.55. The van der Waals surface area contributed by atoms with E-state index in [1.807, 2.05) is 0 Å². The van der Waals surface area contributed by atoms with Gasteiger partial charge in [0.15, 0.2) is 0 Å². The molecule has 1 aromatic carbocycles. The molecule has 0 aliphatic carbocycles. The number of methoxy groups -OCH3 is 1. The number of amides is 1. The molecule has 1 N–H and O–H groups in total. The second-order valence-corrected chi connectivity index (χ2v) is 2.87. The molecule has 0 heterocycles. The molecule has 1 rings (SSSR count). The van der Waals surface area contributed by atoms with Gasteiger partial charge in [-0.15, -0.1) is 0 Å². The first-order valence-electron chi connectivity index (χ1n) is 3.91. The third-order valence-corrected chi connectivity index (χ3v) is 1.88. The van der Waals surface area contributed by atoms with E-state index < -0.39 is 5.82 Å². The van der Waals surface area contributed by atoms with E-state index in [9.17, 15) is 9.18 Å². The molecule has 14 heavy (non-hydrogen) atoms. The van der Waals surface area contributed by atoms with E-state index >= 15 is 0 Å². The molecule has 0 fully saturated rings. The van der Waals surface area contributed by atoms with Gasteiger partial charge in [-0.1, -0.05) is 0 Å². The van der Waals surface area contributed by atoms with Crippen molar-refractivity contribution in [3.63, 3.8) is 0 Å². The minimum atomic E-state index is -0.499. The van der Waals surface area contributed by atoms with Crippen molar-refractivity contribution in [3.05, 3.63) is 24.0 Å². The molecule has 0 atom stereocenters. The van der Waals surface area contributed by atoms with E-state index in [1.165, 1.54) is 25.3 Å². The molecular weight excluding hydrogens is 205 g/mol. The van der Waals surface area contributed by atoms with Gasteiger partial charge in [-0.25, -0.2) is 4.39 Å². The molecule has 0 spiro atoms. The Hall–Kier alpha value is -1.23. The average Bonchev–Trinajstić information content (AvgIpc) is 2.21.